The maximum Gasteiger partial charge on any atom is 0.270 e. The van der Waals surface area contributed by atoms with Crippen LogP contribution in [0.25, 0.3) is 11.3 Å². The third kappa shape index (κ3) is 5.50. The van der Waals surface area contributed by atoms with Crippen molar-refractivity contribution in [2.24, 2.45) is 14.1 Å². The lowest BCUT2D eigenvalue weighted by Gasteiger charge is -2.28. The fourth-order valence-electron chi connectivity index (χ4n) is 4.89. The molecule has 0 spiro atoms. The van der Waals surface area contributed by atoms with Crippen LogP contribution in [0.3, 0.4) is 0 Å². The Hall–Kier alpha value is -4.98. The molecule has 8 nitrogen and oxygen atoms in total. The first-order valence-corrected chi connectivity index (χ1v) is 12.6. The molecule has 0 fully saturated rings. The highest BCUT2D eigenvalue weighted by Gasteiger charge is 2.33. The Balaban J connectivity index is 1.51. The molecule has 0 aliphatic rings. The zero-order valence-electron chi connectivity index (χ0n) is 21.7. The molecule has 0 radical (unpaired) electrons. The number of rotatable bonds is 9. The van der Waals surface area contributed by atoms with Gasteiger partial charge in [-0.25, -0.2) is 4.98 Å². The van der Waals surface area contributed by atoms with Gasteiger partial charge in [0.1, 0.15) is 11.4 Å². The van der Waals surface area contributed by atoms with Gasteiger partial charge in [-0.15, -0.1) is 0 Å². The zero-order chi connectivity index (χ0) is 27.4. The molecule has 2 heterocycles. The number of aromatic nitrogens is 4. The number of amides is 1. The van der Waals surface area contributed by atoms with Gasteiger partial charge in [-0.3, -0.25) is 14.3 Å². The third-order valence-electron chi connectivity index (χ3n) is 6.87. The van der Waals surface area contributed by atoms with Crippen molar-refractivity contribution in [3.63, 3.8) is 0 Å². The van der Waals surface area contributed by atoms with E-state index in [4.69, 9.17) is 0 Å². The first kappa shape index (κ1) is 25.7. The lowest BCUT2D eigenvalue weighted by molar-refractivity contribution is -0.120. The van der Waals surface area contributed by atoms with E-state index >= 15 is 0 Å². The number of ketones is 1. The Labute approximate surface area is 226 Å². The van der Waals surface area contributed by atoms with E-state index in [1.54, 1.807) is 44.0 Å². The summed E-state index contributed by atoms with van der Waals surface area (Å²) in [6, 6.07) is 25.3. The Kier molecular flexibility index (Phi) is 7.36. The van der Waals surface area contributed by atoms with Crippen molar-refractivity contribution < 1.29 is 14.7 Å². The van der Waals surface area contributed by atoms with Crippen LogP contribution < -0.4 is 5.32 Å². The fraction of sp³-hybridized carbons (Fsp3) is 0.161. The highest BCUT2D eigenvalue weighted by molar-refractivity contribution is 5.98. The van der Waals surface area contributed by atoms with Crippen LogP contribution in [0, 0.1) is 0 Å². The number of carbonyl (C=O) groups is 2. The van der Waals surface area contributed by atoms with E-state index in [9.17, 15) is 14.7 Å². The molecule has 0 unspecified atom stereocenters. The summed E-state index contributed by atoms with van der Waals surface area (Å²) in [5.41, 5.74) is 4.19. The van der Waals surface area contributed by atoms with Crippen LogP contribution in [0.1, 0.15) is 33.1 Å². The predicted octanol–water partition coefficient (Wildman–Crippen LogP) is 4.27. The van der Waals surface area contributed by atoms with E-state index in [0.717, 1.165) is 16.8 Å². The number of carbonyl (C=O) groups excluding carboxylic acids is 2. The molecule has 3 aromatic carbocycles. The van der Waals surface area contributed by atoms with E-state index in [-0.39, 0.29) is 23.9 Å². The molecule has 196 valence electrons. The van der Waals surface area contributed by atoms with Gasteiger partial charge in [0.05, 0.1) is 24.3 Å². The summed E-state index contributed by atoms with van der Waals surface area (Å²) in [5, 5.41) is 17.9. The van der Waals surface area contributed by atoms with Gasteiger partial charge in [0.25, 0.3) is 5.91 Å². The van der Waals surface area contributed by atoms with Crippen LogP contribution in [-0.4, -0.2) is 42.2 Å². The third-order valence-corrected chi connectivity index (χ3v) is 6.87. The molecule has 8 heteroatoms. The van der Waals surface area contributed by atoms with Crippen molar-refractivity contribution in [2.75, 3.05) is 0 Å². The summed E-state index contributed by atoms with van der Waals surface area (Å²) in [4.78, 5) is 31.5. The van der Waals surface area contributed by atoms with E-state index < -0.39 is 12.0 Å². The van der Waals surface area contributed by atoms with Crippen LogP contribution in [0.4, 0.5) is 0 Å². The van der Waals surface area contributed by atoms with Crippen molar-refractivity contribution in [1.29, 1.82) is 0 Å². The molecule has 1 amide bonds. The zero-order valence-corrected chi connectivity index (χ0v) is 21.7. The number of nitrogens with zero attached hydrogens (tertiary/aromatic N) is 4. The molecule has 0 aliphatic heterocycles. The second-order valence-electron chi connectivity index (χ2n) is 9.47. The Morgan fingerprint density at radius 1 is 0.923 bits per heavy atom. The number of phenols is 1. The smallest absolute Gasteiger partial charge is 0.270 e. The van der Waals surface area contributed by atoms with E-state index in [0.29, 0.717) is 16.8 Å². The van der Waals surface area contributed by atoms with Gasteiger partial charge < -0.3 is 15.0 Å². The SMILES string of the molecule is Cn1cncc1-c1ccc(CC(=O)[C@@H](NC(=O)c2ccnn2C)C(c2ccccc2)c2ccccc2)cc1O. The minimum absolute atomic E-state index is 0.0196. The minimum atomic E-state index is -0.879. The summed E-state index contributed by atoms with van der Waals surface area (Å²) in [7, 11) is 3.53. The molecule has 2 aromatic heterocycles. The lowest BCUT2D eigenvalue weighted by Crippen LogP contribution is -2.46. The average Bonchev–Trinajstić information content (AvgIpc) is 3.57. The molecule has 0 aliphatic carbocycles. The fourth-order valence-corrected chi connectivity index (χ4v) is 4.89. The predicted molar refractivity (Wildman–Crippen MR) is 148 cm³/mol. The number of aromatic hydroxyl groups is 1. The Morgan fingerprint density at radius 2 is 1.59 bits per heavy atom. The molecule has 0 saturated carbocycles. The van der Waals surface area contributed by atoms with E-state index in [2.05, 4.69) is 15.4 Å². The molecule has 2 N–H and O–H groups in total. The average molecular weight is 520 g/mol. The van der Waals surface area contributed by atoms with E-state index in [1.165, 1.54) is 4.68 Å². The summed E-state index contributed by atoms with van der Waals surface area (Å²) >= 11 is 0. The van der Waals surface area contributed by atoms with Crippen LogP contribution in [0.5, 0.6) is 5.75 Å². The summed E-state index contributed by atoms with van der Waals surface area (Å²) in [6.07, 6.45) is 4.90. The second kappa shape index (κ2) is 11.2. The van der Waals surface area contributed by atoms with E-state index in [1.807, 2.05) is 78.3 Å². The highest BCUT2D eigenvalue weighted by atomic mass is 16.3. The number of hydrogen-bond acceptors (Lipinski definition) is 5. The molecular weight excluding hydrogens is 490 g/mol. The molecule has 5 aromatic rings. The molecule has 5 rings (SSSR count). The normalized spacial score (nSPS) is 11.9. The van der Waals surface area contributed by atoms with Crippen LogP contribution in [0.2, 0.25) is 0 Å². The number of benzene rings is 3. The van der Waals surface area contributed by atoms with Gasteiger partial charge >= 0.3 is 0 Å². The Morgan fingerprint density at radius 3 is 2.13 bits per heavy atom. The number of nitrogens with one attached hydrogen (secondary N) is 1. The first-order valence-electron chi connectivity index (χ1n) is 12.6. The van der Waals surface area contributed by atoms with Crippen molar-refractivity contribution in [3.8, 4) is 17.0 Å². The molecule has 39 heavy (non-hydrogen) atoms. The van der Waals surface area contributed by atoms with Gasteiger partial charge in [-0.1, -0.05) is 66.7 Å². The van der Waals surface area contributed by atoms with Crippen LogP contribution in [0.15, 0.2) is 104 Å². The summed E-state index contributed by atoms with van der Waals surface area (Å²) in [5.74, 6) is -0.947. The number of hydrogen-bond donors (Lipinski definition) is 2. The van der Waals surface area contributed by atoms with Crippen LogP contribution in [-0.2, 0) is 25.3 Å². The molecule has 0 bridgehead atoms. The quantitative estimate of drug-likeness (QED) is 0.303. The van der Waals surface area contributed by atoms with Crippen molar-refractivity contribution in [1.82, 2.24) is 24.6 Å². The topological polar surface area (TPSA) is 102 Å². The van der Waals surface area contributed by atoms with Gasteiger partial charge in [0.15, 0.2) is 5.78 Å². The Bertz CT molecular complexity index is 1550. The van der Waals surface area contributed by atoms with Gasteiger partial charge in [0, 0.05) is 38.2 Å². The number of phenolic OH excluding ortho intramolecular Hbond substituents is 1. The molecule has 0 saturated heterocycles. The summed E-state index contributed by atoms with van der Waals surface area (Å²) in [6.45, 7) is 0. The van der Waals surface area contributed by atoms with Crippen LogP contribution >= 0.6 is 0 Å². The maximum atomic E-state index is 14.0. The lowest BCUT2D eigenvalue weighted by atomic mass is 9.81. The molecular formula is C31H29N5O3. The van der Waals surface area contributed by atoms with Crippen molar-refractivity contribution in [2.45, 2.75) is 18.4 Å². The summed E-state index contributed by atoms with van der Waals surface area (Å²) < 4.78 is 3.29. The van der Waals surface area contributed by atoms with Gasteiger partial charge in [0.2, 0.25) is 0 Å². The van der Waals surface area contributed by atoms with Crippen molar-refractivity contribution in [3.05, 3.63) is 126 Å². The number of imidazole rings is 1. The number of aryl methyl sites for hydroxylation is 2. The highest BCUT2D eigenvalue weighted by Crippen LogP contribution is 2.32. The van der Waals surface area contributed by atoms with Gasteiger partial charge in [-0.05, 0) is 34.9 Å². The largest absolute Gasteiger partial charge is 0.507 e. The minimum Gasteiger partial charge on any atom is -0.507 e. The maximum absolute atomic E-state index is 14.0. The standard InChI is InChI=1S/C31H29N5O3/c1-35-20-32-19-26(35)24-14-13-21(17-27(24)37)18-28(38)30(34-31(39)25-15-16-33-36(25)2)29(22-9-5-3-6-10-22)23-11-7-4-8-12-23/h3-17,19-20,29-30,37H,18H2,1-2H3,(H,34,39)/t30-/m1/s1. The van der Waals surface area contributed by atoms with Crippen molar-refractivity contribution >= 4 is 11.7 Å². The first-order chi connectivity index (χ1) is 18.9. The number of Topliss-reactive ketones (excluding diaryl/α,β-unsaturated/α-hetero) is 1. The van der Waals surface area contributed by atoms with Gasteiger partial charge in [-0.2, -0.15) is 5.10 Å². The monoisotopic (exact) mass is 519 g/mol. The second-order valence-corrected chi connectivity index (χ2v) is 9.47. The molecule has 1 atom stereocenters.